The van der Waals surface area contributed by atoms with Gasteiger partial charge in [0.1, 0.15) is 21.9 Å². The standard InChI is InChI=1S/C17H18N4O3S/c1-4-24-17(22)14-10(2)13-15(20-9-21-16(13)25-14)19-8-11-5-6-18-12(7-11)23-3/h5-7,9H,4,8H2,1-3H3,(H,19,20,21). The molecular formula is C17H18N4O3S. The highest BCUT2D eigenvalue weighted by Gasteiger charge is 2.20. The van der Waals surface area contributed by atoms with Crippen molar-refractivity contribution < 1.29 is 14.3 Å². The van der Waals surface area contributed by atoms with E-state index in [-0.39, 0.29) is 5.97 Å². The summed E-state index contributed by atoms with van der Waals surface area (Å²) >= 11 is 1.32. The summed E-state index contributed by atoms with van der Waals surface area (Å²) in [5, 5.41) is 4.14. The third-order valence-corrected chi connectivity index (χ3v) is 4.84. The topological polar surface area (TPSA) is 86.2 Å². The van der Waals surface area contributed by atoms with Crippen molar-refractivity contribution in [1.29, 1.82) is 0 Å². The maximum absolute atomic E-state index is 12.1. The van der Waals surface area contributed by atoms with Gasteiger partial charge in [0.05, 0.1) is 19.1 Å². The van der Waals surface area contributed by atoms with Crippen molar-refractivity contribution in [3.8, 4) is 5.88 Å². The van der Waals surface area contributed by atoms with Crippen molar-refractivity contribution in [3.05, 3.63) is 40.7 Å². The van der Waals surface area contributed by atoms with Gasteiger partial charge in [-0.3, -0.25) is 0 Å². The molecule has 0 spiro atoms. The van der Waals surface area contributed by atoms with Gasteiger partial charge >= 0.3 is 5.97 Å². The van der Waals surface area contributed by atoms with Gasteiger partial charge in [-0.05, 0) is 31.0 Å². The highest BCUT2D eigenvalue weighted by atomic mass is 32.1. The van der Waals surface area contributed by atoms with Gasteiger partial charge in [0, 0.05) is 18.8 Å². The van der Waals surface area contributed by atoms with Crippen molar-refractivity contribution in [2.75, 3.05) is 19.0 Å². The molecule has 0 fully saturated rings. The van der Waals surface area contributed by atoms with Gasteiger partial charge in [-0.2, -0.15) is 0 Å². The van der Waals surface area contributed by atoms with Crippen molar-refractivity contribution in [1.82, 2.24) is 15.0 Å². The number of hydrogen-bond donors (Lipinski definition) is 1. The molecular weight excluding hydrogens is 340 g/mol. The Balaban J connectivity index is 1.89. The van der Waals surface area contributed by atoms with E-state index in [0.29, 0.717) is 29.7 Å². The lowest BCUT2D eigenvalue weighted by Crippen LogP contribution is -2.05. The minimum absolute atomic E-state index is 0.326. The number of carbonyl (C=O) groups is 1. The zero-order valence-corrected chi connectivity index (χ0v) is 15.0. The lowest BCUT2D eigenvalue weighted by atomic mass is 10.2. The van der Waals surface area contributed by atoms with Gasteiger partial charge < -0.3 is 14.8 Å². The van der Waals surface area contributed by atoms with Crippen LogP contribution in [0.25, 0.3) is 10.2 Å². The zero-order valence-electron chi connectivity index (χ0n) is 14.2. The average molecular weight is 358 g/mol. The van der Waals surface area contributed by atoms with E-state index in [0.717, 1.165) is 21.3 Å². The number of hydrogen-bond acceptors (Lipinski definition) is 8. The number of pyridine rings is 1. The number of ether oxygens (including phenoxy) is 2. The second-order valence-corrected chi connectivity index (χ2v) is 6.24. The number of anilines is 1. The van der Waals surface area contributed by atoms with Crippen LogP contribution in [0.2, 0.25) is 0 Å². The Kier molecular flexibility index (Phi) is 5.08. The summed E-state index contributed by atoms with van der Waals surface area (Å²) in [6.07, 6.45) is 3.18. The Morgan fingerprint density at radius 1 is 1.32 bits per heavy atom. The predicted octanol–water partition coefficient (Wildman–Crippen LogP) is 3.19. The smallest absolute Gasteiger partial charge is 0.348 e. The minimum Gasteiger partial charge on any atom is -0.481 e. The predicted molar refractivity (Wildman–Crippen MR) is 96.2 cm³/mol. The maximum Gasteiger partial charge on any atom is 0.348 e. The quantitative estimate of drug-likeness (QED) is 0.677. The van der Waals surface area contributed by atoms with E-state index in [1.54, 1.807) is 20.2 Å². The van der Waals surface area contributed by atoms with Crippen LogP contribution in [0.5, 0.6) is 5.88 Å². The second kappa shape index (κ2) is 7.43. The fourth-order valence-electron chi connectivity index (χ4n) is 2.45. The number of nitrogens with one attached hydrogen (secondary N) is 1. The fraction of sp³-hybridized carbons (Fsp3) is 0.294. The molecule has 130 valence electrons. The Morgan fingerprint density at radius 2 is 2.16 bits per heavy atom. The summed E-state index contributed by atoms with van der Waals surface area (Å²) in [5.41, 5.74) is 1.84. The number of nitrogens with zero attached hydrogens (tertiary/aromatic N) is 3. The van der Waals surface area contributed by atoms with Crippen LogP contribution in [0, 0.1) is 6.92 Å². The fourth-order valence-corrected chi connectivity index (χ4v) is 3.50. The molecule has 0 aliphatic heterocycles. The van der Waals surface area contributed by atoms with E-state index in [2.05, 4.69) is 20.3 Å². The highest BCUT2D eigenvalue weighted by molar-refractivity contribution is 7.20. The first-order valence-corrected chi connectivity index (χ1v) is 8.59. The van der Waals surface area contributed by atoms with Gasteiger partial charge in [-0.25, -0.2) is 19.7 Å². The Morgan fingerprint density at radius 3 is 2.92 bits per heavy atom. The lowest BCUT2D eigenvalue weighted by molar-refractivity contribution is 0.0531. The van der Waals surface area contributed by atoms with E-state index in [1.165, 1.54) is 17.7 Å². The summed E-state index contributed by atoms with van der Waals surface area (Å²) in [4.78, 5) is 26.1. The van der Waals surface area contributed by atoms with E-state index in [9.17, 15) is 4.79 Å². The van der Waals surface area contributed by atoms with Gasteiger partial charge in [0.25, 0.3) is 0 Å². The molecule has 0 amide bonds. The SMILES string of the molecule is CCOC(=O)c1sc2ncnc(NCc3ccnc(OC)c3)c2c1C. The van der Waals surface area contributed by atoms with Crippen LogP contribution in [-0.2, 0) is 11.3 Å². The molecule has 1 N–H and O–H groups in total. The van der Waals surface area contributed by atoms with Crippen LogP contribution in [0.4, 0.5) is 5.82 Å². The van der Waals surface area contributed by atoms with Crippen LogP contribution < -0.4 is 10.1 Å². The molecule has 0 saturated carbocycles. The summed E-state index contributed by atoms with van der Waals surface area (Å²) in [7, 11) is 1.58. The Labute approximate surface area is 149 Å². The molecule has 0 aromatic carbocycles. The molecule has 3 aromatic rings. The van der Waals surface area contributed by atoms with Gasteiger partial charge in [-0.1, -0.05) is 0 Å². The minimum atomic E-state index is -0.326. The first-order valence-electron chi connectivity index (χ1n) is 7.78. The third kappa shape index (κ3) is 3.53. The summed E-state index contributed by atoms with van der Waals surface area (Å²) in [5.74, 6) is 0.918. The molecule has 0 radical (unpaired) electrons. The zero-order chi connectivity index (χ0) is 17.8. The number of carbonyl (C=O) groups excluding carboxylic acids is 1. The molecule has 3 rings (SSSR count). The number of esters is 1. The van der Waals surface area contributed by atoms with E-state index in [4.69, 9.17) is 9.47 Å². The summed E-state index contributed by atoms with van der Waals surface area (Å²) in [6.45, 7) is 4.56. The van der Waals surface area contributed by atoms with Crippen molar-refractivity contribution in [2.24, 2.45) is 0 Å². The molecule has 0 saturated heterocycles. The summed E-state index contributed by atoms with van der Waals surface area (Å²) in [6, 6.07) is 3.76. The molecule has 8 heteroatoms. The lowest BCUT2D eigenvalue weighted by Gasteiger charge is -2.08. The monoisotopic (exact) mass is 358 g/mol. The highest BCUT2D eigenvalue weighted by Crippen LogP contribution is 2.33. The van der Waals surface area contributed by atoms with Crippen LogP contribution in [0.3, 0.4) is 0 Å². The number of fused-ring (bicyclic) bond motifs is 1. The van der Waals surface area contributed by atoms with E-state index >= 15 is 0 Å². The van der Waals surface area contributed by atoms with E-state index < -0.39 is 0 Å². The molecule has 0 bridgehead atoms. The first-order chi connectivity index (χ1) is 12.1. The van der Waals surface area contributed by atoms with Crippen molar-refractivity contribution in [3.63, 3.8) is 0 Å². The molecule has 0 unspecified atom stereocenters. The van der Waals surface area contributed by atoms with Crippen LogP contribution >= 0.6 is 11.3 Å². The maximum atomic E-state index is 12.1. The first kappa shape index (κ1) is 17.1. The average Bonchev–Trinajstić information content (AvgIpc) is 2.98. The molecule has 0 aliphatic carbocycles. The Hall–Kier alpha value is -2.74. The number of aromatic nitrogens is 3. The van der Waals surface area contributed by atoms with Crippen molar-refractivity contribution >= 4 is 33.3 Å². The van der Waals surface area contributed by atoms with Crippen LogP contribution in [0.15, 0.2) is 24.7 Å². The van der Waals surface area contributed by atoms with Gasteiger partial charge in [0.2, 0.25) is 5.88 Å². The molecule has 7 nitrogen and oxygen atoms in total. The molecule has 3 heterocycles. The second-order valence-electron chi connectivity index (χ2n) is 5.24. The molecule has 0 aliphatic rings. The summed E-state index contributed by atoms with van der Waals surface area (Å²) < 4.78 is 10.2. The van der Waals surface area contributed by atoms with Crippen molar-refractivity contribution in [2.45, 2.75) is 20.4 Å². The Bertz CT molecular complexity index is 910. The third-order valence-electron chi connectivity index (χ3n) is 3.66. The molecule has 3 aromatic heterocycles. The number of aryl methyl sites for hydroxylation is 1. The number of rotatable bonds is 6. The largest absolute Gasteiger partial charge is 0.481 e. The van der Waals surface area contributed by atoms with E-state index in [1.807, 2.05) is 19.1 Å². The normalized spacial score (nSPS) is 10.7. The molecule has 0 atom stereocenters. The van der Waals surface area contributed by atoms with Crippen LogP contribution in [0.1, 0.15) is 27.7 Å². The van der Waals surface area contributed by atoms with Gasteiger partial charge in [-0.15, -0.1) is 11.3 Å². The van der Waals surface area contributed by atoms with Crippen LogP contribution in [-0.4, -0.2) is 34.6 Å². The number of methoxy groups -OCH3 is 1. The van der Waals surface area contributed by atoms with Gasteiger partial charge in [0.15, 0.2) is 0 Å². The molecule has 25 heavy (non-hydrogen) atoms. The number of thiophene rings is 1.